The molecule has 0 fully saturated rings. The van der Waals surface area contributed by atoms with E-state index in [4.69, 9.17) is 5.11 Å². The van der Waals surface area contributed by atoms with Crippen molar-refractivity contribution in [2.45, 2.75) is 33.8 Å². The summed E-state index contributed by atoms with van der Waals surface area (Å²) in [5.74, 6) is -0.0200. The predicted octanol–water partition coefficient (Wildman–Crippen LogP) is 2.55. The van der Waals surface area contributed by atoms with Crippen LogP contribution in [-0.4, -0.2) is 11.0 Å². The van der Waals surface area contributed by atoms with Crippen LogP contribution in [0.5, 0.6) is 0 Å². The van der Waals surface area contributed by atoms with Crippen molar-refractivity contribution in [2.75, 3.05) is 5.32 Å². The van der Waals surface area contributed by atoms with E-state index in [9.17, 15) is 4.79 Å². The Labute approximate surface area is 96.5 Å². The topological polar surface area (TPSA) is 49.3 Å². The van der Waals surface area contributed by atoms with Gasteiger partial charge in [-0.05, 0) is 11.5 Å². The molecule has 1 aromatic rings. The normalized spacial score (nSPS) is 11.2. The number of anilines is 1. The van der Waals surface area contributed by atoms with Crippen LogP contribution in [0.25, 0.3) is 0 Å². The number of aliphatic hydroxyl groups is 1. The van der Waals surface area contributed by atoms with Gasteiger partial charge in [0.1, 0.15) is 0 Å². The predicted molar refractivity (Wildman–Crippen MR) is 65.1 cm³/mol. The number of nitrogens with one attached hydrogen (secondary N) is 1. The lowest BCUT2D eigenvalue weighted by atomic mass is 9.92. The first-order valence-corrected chi connectivity index (χ1v) is 5.41. The van der Waals surface area contributed by atoms with Gasteiger partial charge in [0.2, 0.25) is 5.91 Å². The summed E-state index contributed by atoms with van der Waals surface area (Å²) in [6.45, 7) is 5.99. The molecule has 0 saturated heterocycles. The van der Waals surface area contributed by atoms with Crippen molar-refractivity contribution in [1.29, 1.82) is 0 Å². The number of benzene rings is 1. The molecule has 3 nitrogen and oxygen atoms in total. The van der Waals surface area contributed by atoms with Crippen molar-refractivity contribution in [3.05, 3.63) is 29.8 Å². The largest absolute Gasteiger partial charge is 0.392 e. The highest BCUT2D eigenvalue weighted by molar-refractivity contribution is 5.91. The van der Waals surface area contributed by atoms with Gasteiger partial charge in [-0.25, -0.2) is 0 Å². The van der Waals surface area contributed by atoms with Gasteiger partial charge in [0.05, 0.1) is 6.61 Å². The molecule has 1 rings (SSSR count). The van der Waals surface area contributed by atoms with E-state index in [1.54, 1.807) is 12.1 Å². The minimum Gasteiger partial charge on any atom is -0.392 e. The Morgan fingerprint density at radius 3 is 2.50 bits per heavy atom. The molecule has 0 radical (unpaired) electrons. The Morgan fingerprint density at radius 2 is 1.94 bits per heavy atom. The first-order chi connectivity index (χ1) is 7.42. The zero-order chi connectivity index (χ0) is 12.2. The van der Waals surface area contributed by atoms with Crippen molar-refractivity contribution in [3.63, 3.8) is 0 Å². The van der Waals surface area contributed by atoms with E-state index in [1.807, 2.05) is 32.9 Å². The maximum absolute atomic E-state index is 11.7. The molecule has 16 heavy (non-hydrogen) atoms. The number of hydrogen-bond acceptors (Lipinski definition) is 2. The van der Waals surface area contributed by atoms with E-state index in [1.165, 1.54) is 0 Å². The summed E-state index contributed by atoms with van der Waals surface area (Å²) in [6, 6.07) is 7.27. The van der Waals surface area contributed by atoms with Crippen molar-refractivity contribution in [2.24, 2.45) is 5.41 Å². The summed E-state index contributed by atoms with van der Waals surface area (Å²) in [6.07, 6.45) is 0.465. The van der Waals surface area contributed by atoms with Gasteiger partial charge in [-0.1, -0.05) is 39.0 Å². The number of hydrogen-bond donors (Lipinski definition) is 2. The summed E-state index contributed by atoms with van der Waals surface area (Å²) in [5.41, 5.74) is 1.40. The minimum absolute atomic E-state index is 0.0200. The third-order valence-electron chi connectivity index (χ3n) is 2.15. The first kappa shape index (κ1) is 12.7. The SMILES string of the molecule is CC(C)(C)CC(=O)Nc1ccccc1CO. The van der Waals surface area contributed by atoms with Crippen LogP contribution in [0.1, 0.15) is 32.8 Å². The molecular formula is C13H19NO2. The van der Waals surface area contributed by atoms with Crippen molar-refractivity contribution < 1.29 is 9.90 Å². The molecule has 3 heteroatoms. The summed E-state index contributed by atoms with van der Waals surface area (Å²) in [5, 5.41) is 11.9. The molecule has 0 aliphatic heterocycles. The number of aliphatic hydroxyl groups excluding tert-OH is 1. The Hall–Kier alpha value is -1.35. The Morgan fingerprint density at radius 1 is 1.31 bits per heavy atom. The van der Waals surface area contributed by atoms with Crippen molar-refractivity contribution in [1.82, 2.24) is 0 Å². The van der Waals surface area contributed by atoms with Gasteiger partial charge in [0.25, 0.3) is 0 Å². The first-order valence-electron chi connectivity index (χ1n) is 5.41. The fraction of sp³-hybridized carbons (Fsp3) is 0.462. The zero-order valence-electron chi connectivity index (χ0n) is 10.1. The van der Waals surface area contributed by atoms with Crippen LogP contribution >= 0.6 is 0 Å². The highest BCUT2D eigenvalue weighted by Crippen LogP contribution is 2.21. The average molecular weight is 221 g/mol. The lowest BCUT2D eigenvalue weighted by Gasteiger charge is -2.18. The summed E-state index contributed by atoms with van der Waals surface area (Å²) >= 11 is 0. The molecule has 0 aliphatic rings. The van der Waals surface area contributed by atoms with E-state index in [2.05, 4.69) is 5.32 Å². The molecule has 0 unspecified atom stereocenters. The molecule has 0 bridgehead atoms. The van der Waals surface area contributed by atoms with Crippen LogP contribution in [0.3, 0.4) is 0 Å². The summed E-state index contributed by atoms with van der Waals surface area (Å²) in [4.78, 5) is 11.7. The second-order valence-electron chi connectivity index (χ2n) is 5.10. The molecule has 0 atom stereocenters. The third kappa shape index (κ3) is 4.03. The minimum atomic E-state index is -0.0635. The number of para-hydroxylation sites is 1. The zero-order valence-corrected chi connectivity index (χ0v) is 10.1. The van der Waals surface area contributed by atoms with E-state index in [-0.39, 0.29) is 17.9 Å². The Kier molecular flexibility index (Phi) is 4.07. The van der Waals surface area contributed by atoms with E-state index in [0.717, 1.165) is 5.56 Å². The smallest absolute Gasteiger partial charge is 0.224 e. The van der Waals surface area contributed by atoms with Gasteiger partial charge in [0.15, 0.2) is 0 Å². The fourth-order valence-electron chi connectivity index (χ4n) is 1.46. The van der Waals surface area contributed by atoms with E-state index < -0.39 is 0 Å². The second kappa shape index (κ2) is 5.12. The van der Waals surface area contributed by atoms with Gasteiger partial charge in [-0.15, -0.1) is 0 Å². The Balaban J connectivity index is 2.70. The van der Waals surface area contributed by atoms with Crippen LogP contribution in [0.4, 0.5) is 5.69 Å². The van der Waals surface area contributed by atoms with Crippen LogP contribution in [-0.2, 0) is 11.4 Å². The van der Waals surface area contributed by atoms with E-state index in [0.29, 0.717) is 12.1 Å². The van der Waals surface area contributed by atoms with Crippen LogP contribution < -0.4 is 5.32 Å². The van der Waals surface area contributed by atoms with Gasteiger partial charge in [-0.2, -0.15) is 0 Å². The summed E-state index contributed by atoms with van der Waals surface area (Å²) < 4.78 is 0. The highest BCUT2D eigenvalue weighted by atomic mass is 16.3. The molecule has 0 spiro atoms. The molecule has 0 heterocycles. The number of carbonyl (C=O) groups is 1. The number of amides is 1. The lowest BCUT2D eigenvalue weighted by molar-refractivity contribution is -0.117. The van der Waals surface area contributed by atoms with Gasteiger partial charge < -0.3 is 10.4 Å². The molecule has 0 aliphatic carbocycles. The number of carbonyl (C=O) groups excluding carboxylic acids is 1. The quantitative estimate of drug-likeness (QED) is 0.824. The maximum atomic E-state index is 11.7. The van der Waals surface area contributed by atoms with E-state index >= 15 is 0 Å². The summed E-state index contributed by atoms with van der Waals surface area (Å²) in [7, 11) is 0. The lowest BCUT2D eigenvalue weighted by Crippen LogP contribution is -2.20. The molecule has 1 aromatic carbocycles. The monoisotopic (exact) mass is 221 g/mol. The van der Waals surface area contributed by atoms with Crippen molar-refractivity contribution >= 4 is 11.6 Å². The molecule has 2 N–H and O–H groups in total. The van der Waals surface area contributed by atoms with Crippen LogP contribution in [0.2, 0.25) is 0 Å². The number of rotatable bonds is 3. The van der Waals surface area contributed by atoms with Crippen LogP contribution in [0, 0.1) is 5.41 Å². The standard InChI is InChI=1S/C13H19NO2/c1-13(2,3)8-12(16)14-11-7-5-4-6-10(11)9-15/h4-7,15H,8-9H2,1-3H3,(H,14,16). The fourth-order valence-corrected chi connectivity index (χ4v) is 1.46. The van der Waals surface area contributed by atoms with Crippen LogP contribution in [0.15, 0.2) is 24.3 Å². The molecule has 1 amide bonds. The average Bonchev–Trinajstić information content (AvgIpc) is 2.15. The molecular weight excluding hydrogens is 202 g/mol. The van der Waals surface area contributed by atoms with Gasteiger partial charge >= 0.3 is 0 Å². The molecule has 0 aromatic heterocycles. The maximum Gasteiger partial charge on any atom is 0.224 e. The second-order valence-corrected chi connectivity index (χ2v) is 5.10. The van der Waals surface area contributed by atoms with Gasteiger partial charge in [0, 0.05) is 17.7 Å². The van der Waals surface area contributed by atoms with Gasteiger partial charge in [-0.3, -0.25) is 4.79 Å². The highest BCUT2D eigenvalue weighted by Gasteiger charge is 2.16. The van der Waals surface area contributed by atoms with Crippen molar-refractivity contribution in [3.8, 4) is 0 Å². The molecule has 0 saturated carbocycles. The third-order valence-corrected chi connectivity index (χ3v) is 2.15. The Bertz CT molecular complexity index is 366. The molecule has 88 valence electrons.